The zero-order valence-electron chi connectivity index (χ0n) is 16.1. The van der Waals surface area contributed by atoms with Crippen molar-refractivity contribution >= 4 is 22.9 Å². The minimum atomic E-state index is -0.527. The van der Waals surface area contributed by atoms with Gasteiger partial charge in [0.1, 0.15) is 11.6 Å². The summed E-state index contributed by atoms with van der Waals surface area (Å²) in [6.07, 6.45) is 2.53. The van der Waals surface area contributed by atoms with Crippen LogP contribution in [-0.4, -0.2) is 56.0 Å². The molecule has 8 nitrogen and oxygen atoms in total. The average molecular weight is 406 g/mol. The van der Waals surface area contributed by atoms with Crippen LogP contribution in [0, 0.1) is 11.6 Å². The Morgan fingerprint density at radius 1 is 1.14 bits per heavy atom. The summed E-state index contributed by atoms with van der Waals surface area (Å²) in [4.78, 5) is 15.0. The predicted molar refractivity (Wildman–Crippen MR) is 106 cm³/mol. The predicted octanol–water partition coefficient (Wildman–Crippen LogP) is 1.92. The van der Waals surface area contributed by atoms with Gasteiger partial charge in [-0.05, 0) is 24.6 Å². The molecule has 3 rings (SSSR count). The second-order valence-electron chi connectivity index (χ2n) is 6.51. The first kappa shape index (κ1) is 20.9. The number of aryl methyl sites for hydroxylation is 1. The van der Waals surface area contributed by atoms with Crippen molar-refractivity contribution in [1.29, 1.82) is 0 Å². The summed E-state index contributed by atoms with van der Waals surface area (Å²) >= 11 is 0. The number of nitrogens with zero attached hydrogens (tertiary/aromatic N) is 5. The van der Waals surface area contributed by atoms with Gasteiger partial charge < -0.3 is 25.0 Å². The van der Waals surface area contributed by atoms with Crippen LogP contribution in [0.25, 0.3) is 11.2 Å². The number of aliphatic hydroxyl groups excluding tert-OH is 2. The number of anilines is 2. The average Bonchev–Trinajstić information content (AvgIpc) is 3.11. The summed E-state index contributed by atoms with van der Waals surface area (Å²) in [6.45, 7) is 2.96. The van der Waals surface area contributed by atoms with Gasteiger partial charge in [0.15, 0.2) is 17.0 Å². The van der Waals surface area contributed by atoms with E-state index in [9.17, 15) is 19.0 Å². The molecule has 3 aromatic rings. The smallest absolute Gasteiger partial charge is 0.229 e. The van der Waals surface area contributed by atoms with Crippen molar-refractivity contribution in [2.45, 2.75) is 26.4 Å². The Hall–Kier alpha value is -2.85. The Morgan fingerprint density at radius 3 is 2.59 bits per heavy atom. The Kier molecular flexibility index (Phi) is 6.89. The molecule has 0 radical (unpaired) electrons. The number of fused-ring (bicyclic) bond motifs is 1. The molecule has 0 bridgehead atoms. The van der Waals surface area contributed by atoms with E-state index in [0.29, 0.717) is 29.5 Å². The second kappa shape index (κ2) is 9.57. The molecule has 0 aliphatic rings. The molecular formula is C19H24F2N6O2. The van der Waals surface area contributed by atoms with Crippen molar-refractivity contribution in [3.63, 3.8) is 0 Å². The number of nitrogens with one attached hydrogen (secondary N) is 1. The molecule has 2 heterocycles. The highest BCUT2D eigenvalue weighted by molar-refractivity contribution is 5.84. The highest BCUT2D eigenvalue weighted by atomic mass is 19.1. The first-order valence-corrected chi connectivity index (χ1v) is 9.44. The standard InChI is InChI=1S/C19H24F2N6O2/c1-2-5-27-12-23-16-17(22-11-13-10-14(20)3-4-15(13)21)24-19(25-18(16)27)26(6-8-28)7-9-29/h3-4,10,12,28-29H,2,5-9,11H2,1H3,(H,22,24,25). The van der Waals surface area contributed by atoms with Crippen LogP contribution < -0.4 is 10.2 Å². The van der Waals surface area contributed by atoms with E-state index in [0.717, 1.165) is 24.6 Å². The van der Waals surface area contributed by atoms with Crippen LogP contribution in [0.1, 0.15) is 18.9 Å². The minimum absolute atomic E-state index is 0.00971. The van der Waals surface area contributed by atoms with Crippen molar-refractivity contribution in [3.05, 3.63) is 41.7 Å². The Morgan fingerprint density at radius 2 is 1.90 bits per heavy atom. The van der Waals surface area contributed by atoms with Crippen LogP contribution in [-0.2, 0) is 13.1 Å². The summed E-state index contributed by atoms with van der Waals surface area (Å²) in [7, 11) is 0. The summed E-state index contributed by atoms with van der Waals surface area (Å²) in [5, 5.41) is 21.7. The van der Waals surface area contributed by atoms with Crippen molar-refractivity contribution in [2.24, 2.45) is 0 Å². The van der Waals surface area contributed by atoms with Gasteiger partial charge in [0.2, 0.25) is 5.95 Å². The highest BCUT2D eigenvalue weighted by Crippen LogP contribution is 2.24. The molecule has 0 unspecified atom stereocenters. The maximum atomic E-state index is 14.0. The highest BCUT2D eigenvalue weighted by Gasteiger charge is 2.17. The lowest BCUT2D eigenvalue weighted by molar-refractivity contribution is 0.280. The van der Waals surface area contributed by atoms with Crippen molar-refractivity contribution in [2.75, 3.05) is 36.5 Å². The zero-order valence-corrected chi connectivity index (χ0v) is 16.1. The Balaban J connectivity index is 2.00. The lowest BCUT2D eigenvalue weighted by Gasteiger charge is -2.21. The molecule has 0 aliphatic heterocycles. The lowest BCUT2D eigenvalue weighted by atomic mass is 10.2. The summed E-state index contributed by atoms with van der Waals surface area (Å²) in [5.74, 6) is -0.380. The van der Waals surface area contributed by atoms with E-state index in [1.165, 1.54) is 0 Å². The third-order valence-corrected chi connectivity index (χ3v) is 4.39. The number of halogens is 2. The Labute approximate surface area is 166 Å². The molecule has 3 N–H and O–H groups in total. The largest absolute Gasteiger partial charge is 0.395 e. The Bertz CT molecular complexity index is 959. The minimum Gasteiger partial charge on any atom is -0.395 e. The van der Waals surface area contributed by atoms with E-state index in [-0.39, 0.29) is 38.4 Å². The SMILES string of the molecule is CCCn1cnc2c(NCc3cc(F)ccc3F)nc(N(CCO)CCO)nc21. The van der Waals surface area contributed by atoms with E-state index in [4.69, 9.17) is 0 Å². The normalized spacial score (nSPS) is 11.2. The van der Waals surface area contributed by atoms with Gasteiger partial charge in [-0.2, -0.15) is 9.97 Å². The monoisotopic (exact) mass is 406 g/mol. The number of aliphatic hydroxyl groups is 2. The summed E-state index contributed by atoms with van der Waals surface area (Å²) in [6, 6.07) is 3.27. The van der Waals surface area contributed by atoms with Gasteiger partial charge in [-0.25, -0.2) is 13.8 Å². The number of rotatable bonds is 10. The van der Waals surface area contributed by atoms with Crippen LogP contribution in [0.3, 0.4) is 0 Å². The first-order chi connectivity index (χ1) is 14.1. The molecular weight excluding hydrogens is 382 g/mol. The van der Waals surface area contributed by atoms with Crippen LogP contribution in [0.2, 0.25) is 0 Å². The number of aromatic nitrogens is 4. The molecule has 0 fully saturated rings. The zero-order chi connectivity index (χ0) is 20.8. The molecule has 10 heteroatoms. The fraction of sp³-hybridized carbons (Fsp3) is 0.421. The molecule has 0 saturated heterocycles. The number of hydrogen-bond acceptors (Lipinski definition) is 7. The third kappa shape index (κ3) is 4.77. The van der Waals surface area contributed by atoms with Gasteiger partial charge in [-0.15, -0.1) is 0 Å². The van der Waals surface area contributed by atoms with E-state index in [1.807, 2.05) is 11.5 Å². The molecule has 0 saturated carbocycles. The molecule has 0 amide bonds. The summed E-state index contributed by atoms with van der Waals surface area (Å²) < 4.78 is 29.3. The fourth-order valence-corrected chi connectivity index (χ4v) is 3.01. The van der Waals surface area contributed by atoms with E-state index in [1.54, 1.807) is 11.2 Å². The first-order valence-electron chi connectivity index (χ1n) is 9.44. The quantitative estimate of drug-likeness (QED) is 0.473. The van der Waals surface area contributed by atoms with E-state index < -0.39 is 11.6 Å². The van der Waals surface area contributed by atoms with Crippen molar-refractivity contribution in [3.8, 4) is 0 Å². The second-order valence-corrected chi connectivity index (χ2v) is 6.51. The van der Waals surface area contributed by atoms with Crippen LogP contribution in [0.15, 0.2) is 24.5 Å². The van der Waals surface area contributed by atoms with E-state index >= 15 is 0 Å². The maximum absolute atomic E-state index is 14.0. The molecule has 0 aliphatic carbocycles. The molecule has 156 valence electrons. The van der Waals surface area contributed by atoms with Gasteiger partial charge in [0, 0.05) is 31.7 Å². The molecule has 0 spiro atoms. The summed E-state index contributed by atoms with van der Waals surface area (Å²) in [5.41, 5.74) is 1.25. The number of imidazole rings is 1. The fourth-order valence-electron chi connectivity index (χ4n) is 3.01. The number of hydrogen-bond donors (Lipinski definition) is 3. The van der Waals surface area contributed by atoms with Gasteiger partial charge in [-0.3, -0.25) is 0 Å². The van der Waals surface area contributed by atoms with Gasteiger partial charge >= 0.3 is 0 Å². The van der Waals surface area contributed by atoms with E-state index in [2.05, 4.69) is 20.3 Å². The number of benzene rings is 1. The third-order valence-electron chi connectivity index (χ3n) is 4.39. The maximum Gasteiger partial charge on any atom is 0.229 e. The van der Waals surface area contributed by atoms with Gasteiger partial charge in [0.25, 0.3) is 0 Å². The molecule has 0 atom stereocenters. The van der Waals surface area contributed by atoms with Crippen LogP contribution in [0.5, 0.6) is 0 Å². The van der Waals surface area contributed by atoms with Crippen molar-refractivity contribution < 1.29 is 19.0 Å². The molecule has 1 aromatic carbocycles. The van der Waals surface area contributed by atoms with Crippen LogP contribution >= 0.6 is 0 Å². The lowest BCUT2D eigenvalue weighted by Crippen LogP contribution is -2.31. The van der Waals surface area contributed by atoms with Crippen LogP contribution in [0.4, 0.5) is 20.5 Å². The molecule has 2 aromatic heterocycles. The topological polar surface area (TPSA) is 99.3 Å². The van der Waals surface area contributed by atoms with Crippen molar-refractivity contribution in [1.82, 2.24) is 19.5 Å². The van der Waals surface area contributed by atoms with Gasteiger partial charge in [-0.1, -0.05) is 6.92 Å². The van der Waals surface area contributed by atoms with Gasteiger partial charge in [0.05, 0.1) is 19.5 Å². The molecule has 29 heavy (non-hydrogen) atoms.